The van der Waals surface area contributed by atoms with Crippen LogP contribution in [0.4, 0.5) is 5.69 Å². The third-order valence-corrected chi connectivity index (χ3v) is 6.87. The molecule has 1 heterocycles. The van der Waals surface area contributed by atoms with E-state index in [-0.39, 0.29) is 11.4 Å². The van der Waals surface area contributed by atoms with Crippen molar-refractivity contribution in [2.24, 2.45) is 0 Å². The van der Waals surface area contributed by atoms with Crippen LogP contribution in [-0.2, 0) is 24.7 Å². The lowest BCUT2D eigenvalue weighted by atomic mass is 10.1. The summed E-state index contributed by atoms with van der Waals surface area (Å²) in [6.45, 7) is 1.61. The minimum absolute atomic E-state index is 0.137. The van der Waals surface area contributed by atoms with E-state index in [1.807, 2.05) is 0 Å². The Labute approximate surface area is 170 Å². The first-order chi connectivity index (χ1) is 13.5. The molecule has 8 nitrogen and oxygen atoms in total. The Morgan fingerprint density at radius 3 is 2.28 bits per heavy atom. The number of carbonyl (C=O) groups is 1. The maximum absolute atomic E-state index is 12.7. The minimum Gasteiger partial charge on any atom is -0.476 e. The summed E-state index contributed by atoms with van der Waals surface area (Å²) in [6.07, 6.45) is 1.19. The number of amides is 1. The number of rotatable bonds is 5. The molecule has 2 atom stereocenters. The Morgan fingerprint density at radius 2 is 1.69 bits per heavy atom. The van der Waals surface area contributed by atoms with Crippen LogP contribution < -0.4 is 14.4 Å². The number of hydrogen-bond acceptors (Lipinski definition) is 6. The topological polar surface area (TPSA) is 110 Å². The maximum atomic E-state index is 12.7. The van der Waals surface area contributed by atoms with Gasteiger partial charge in [0.2, 0.25) is 10.0 Å². The number of nitrogens with one attached hydrogen (secondary N) is 1. The van der Waals surface area contributed by atoms with E-state index in [9.17, 15) is 21.6 Å². The fourth-order valence-electron chi connectivity index (χ4n) is 3.05. The normalized spacial score (nSPS) is 17.8. The summed E-state index contributed by atoms with van der Waals surface area (Å²) in [7, 11) is -6.89. The molecule has 1 amide bonds. The third-order valence-electron chi connectivity index (χ3n) is 4.59. The van der Waals surface area contributed by atoms with Crippen molar-refractivity contribution in [3.63, 3.8) is 0 Å². The summed E-state index contributed by atoms with van der Waals surface area (Å²) in [6, 6.07) is 12.4. The van der Waals surface area contributed by atoms with Gasteiger partial charge in [-0.05, 0) is 36.8 Å². The van der Waals surface area contributed by atoms with Crippen molar-refractivity contribution >= 4 is 31.5 Å². The van der Waals surface area contributed by atoms with Crippen molar-refractivity contribution in [2.75, 3.05) is 23.4 Å². The zero-order valence-electron chi connectivity index (χ0n) is 16.2. The van der Waals surface area contributed by atoms with Crippen LogP contribution >= 0.6 is 0 Å². The van der Waals surface area contributed by atoms with Crippen molar-refractivity contribution in [1.82, 2.24) is 5.32 Å². The van der Waals surface area contributed by atoms with E-state index in [1.54, 1.807) is 43.3 Å². The highest BCUT2D eigenvalue weighted by molar-refractivity contribution is 7.92. The zero-order chi connectivity index (χ0) is 21.4. The Bertz CT molecular complexity index is 1130. The molecule has 2 aromatic rings. The van der Waals surface area contributed by atoms with E-state index < -0.39 is 37.9 Å². The van der Waals surface area contributed by atoms with Gasteiger partial charge in [-0.1, -0.05) is 24.3 Å². The van der Waals surface area contributed by atoms with E-state index in [2.05, 4.69) is 5.32 Å². The first kappa shape index (κ1) is 21.1. The third kappa shape index (κ3) is 4.70. The highest BCUT2D eigenvalue weighted by Gasteiger charge is 2.35. The number of anilines is 1. The molecular formula is C19H22N2O6S2. The van der Waals surface area contributed by atoms with Gasteiger partial charge in [0, 0.05) is 6.26 Å². The number of fused-ring (bicyclic) bond motifs is 1. The van der Waals surface area contributed by atoms with Gasteiger partial charge in [-0.2, -0.15) is 0 Å². The lowest BCUT2D eigenvalue weighted by Gasteiger charge is -2.34. The van der Waals surface area contributed by atoms with E-state index in [0.717, 1.165) is 16.8 Å². The molecular weight excluding hydrogens is 416 g/mol. The van der Waals surface area contributed by atoms with Crippen LogP contribution in [0.1, 0.15) is 18.5 Å². The second-order valence-electron chi connectivity index (χ2n) is 6.94. The number of sulfonamides is 1. The SMILES string of the molecule is C[C@H](NC(=O)[C@H]1CN(S(C)(=O)=O)c2ccccc2O1)c1ccc(S(C)(=O)=O)cc1. The van der Waals surface area contributed by atoms with Gasteiger partial charge in [0.15, 0.2) is 15.9 Å². The first-order valence-corrected chi connectivity index (χ1v) is 12.5. The lowest BCUT2D eigenvalue weighted by molar-refractivity contribution is -0.128. The van der Waals surface area contributed by atoms with Gasteiger partial charge in [-0.25, -0.2) is 16.8 Å². The minimum atomic E-state index is -3.59. The fraction of sp³-hybridized carbons (Fsp3) is 0.316. The number of para-hydroxylation sites is 2. The Hall–Kier alpha value is -2.59. The first-order valence-electron chi connectivity index (χ1n) is 8.80. The molecule has 0 aliphatic carbocycles. The number of sulfone groups is 1. The van der Waals surface area contributed by atoms with Crippen molar-refractivity contribution < 1.29 is 26.4 Å². The predicted molar refractivity (Wildman–Crippen MR) is 109 cm³/mol. The second kappa shape index (κ2) is 7.68. The highest BCUT2D eigenvalue weighted by Crippen LogP contribution is 2.34. The number of nitrogens with zero attached hydrogens (tertiary/aromatic N) is 1. The molecule has 0 fully saturated rings. The Kier molecular flexibility index (Phi) is 5.59. The summed E-state index contributed by atoms with van der Waals surface area (Å²) >= 11 is 0. The standard InChI is InChI=1S/C19H22N2O6S2/c1-13(14-8-10-15(11-9-14)28(2,23)24)20-19(22)18-12-21(29(3,25)26)16-6-4-5-7-17(16)27-18/h4-11,13,18H,12H2,1-3H3,(H,20,22)/t13-,18+/m0/s1. The van der Waals surface area contributed by atoms with Crippen molar-refractivity contribution in [3.8, 4) is 5.75 Å². The zero-order valence-corrected chi connectivity index (χ0v) is 17.8. The monoisotopic (exact) mass is 438 g/mol. The maximum Gasteiger partial charge on any atom is 0.263 e. The molecule has 0 unspecified atom stereocenters. The molecule has 0 radical (unpaired) electrons. The number of benzene rings is 2. The summed E-state index contributed by atoms with van der Waals surface area (Å²) in [5.41, 5.74) is 1.10. The van der Waals surface area contributed by atoms with E-state index in [4.69, 9.17) is 4.74 Å². The molecule has 0 saturated carbocycles. The molecule has 1 aliphatic heterocycles. The molecule has 1 N–H and O–H groups in total. The van der Waals surface area contributed by atoms with Crippen molar-refractivity contribution in [1.29, 1.82) is 0 Å². The van der Waals surface area contributed by atoms with E-state index in [0.29, 0.717) is 17.0 Å². The number of ether oxygens (including phenoxy) is 1. The van der Waals surface area contributed by atoms with Crippen LogP contribution in [0, 0.1) is 0 Å². The van der Waals surface area contributed by atoms with Crippen LogP contribution in [0.2, 0.25) is 0 Å². The number of hydrogen-bond donors (Lipinski definition) is 1. The highest BCUT2D eigenvalue weighted by atomic mass is 32.2. The lowest BCUT2D eigenvalue weighted by Crippen LogP contribution is -2.50. The van der Waals surface area contributed by atoms with Crippen LogP contribution in [0.15, 0.2) is 53.4 Å². The molecule has 0 spiro atoms. The largest absolute Gasteiger partial charge is 0.476 e. The molecule has 156 valence electrons. The molecule has 2 aromatic carbocycles. The Morgan fingerprint density at radius 1 is 1.07 bits per heavy atom. The average molecular weight is 439 g/mol. The molecule has 1 aliphatic rings. The van der Waals surface area contributed by atoms with E-state index >= 15 is 0 Å². The van der Waals surface area contributed by atoms with Crippen LogP contribution in [0.5, 0.6) is 5.75 Å². The molecule has 10 heteroatoms. The second-order valence-corrected chi connectivity index (χ2v) is 10.9. The van der Waals surface area contributed by atoms with Crippen LogP contribution in [0.3, 0.4) is 0 Å². The smallest absolute Gasteiger partial charge is 0.263 e. The molecule has 29 heavy (non-hydrogen) atoms. The average Bonchev–Trinajstić information content (AvgIpc) is 2.65. The van der Waals surface area contributed by atoms with Gasteiger partial charge in [0.25, 0.3) is 5.91 Å². The van der Waals surface area contributed by atoms with Gasteiger partial charge in [-0.15, -0.1) is 0 Å². The Balaban J connectivity index is 1.77. The van der Waals surface area contributed by atoms with Crippen LogP contribution in [0.25, 0.3) is 0 Å². The fourth-order valence-corrected chi connectivity index (χ4v) is 4.59. The van der Waals surface area contributed by atoms with Crippen molar-refractivity contribution in [3.05, 3.63) is 54.1 Å². The molecule has 3 rings (SSSR count). The van der Waals surface area contributed by atoms with Crippen LogP contribution in [-0.4, -0.2) is 47.9 Å². The van der Waals surface area contributed by atoms with E-state index in [1.165, 1.54) is 12.1 Å². The van der Waals surface area contributed by atoms with Gasteiger partial charge in [0.05, 0.1) is 29.4 Å². The van der Waals surface area contributed by atoms with Crippen molar-refractivity contribution in [2.45, 2.75) is 24.0 Å². The van der Waals surface area contributed by atoms with Gasteiger partial charge < -0.3 is 10.1 Å². The number of carbonyl (C=O) groups excluding carboxylic acids is 1. The predicted octanol–water partition coefficient (Wildman–Crippen LogP) is 1.49. The summed E-state index contributed by atoms with van der Waals surface area (Å²) < 4.78 is 54.3. The van der Waals surface area contributed by atoms with Gasteiger partial charge in [-0.3, -0.25) is 9.10 Å². The van der Waals surface area contributed by atoms with Gasteiger partial charge in [0.1, 0.15) is 5.75 Å². The molecule has 0 bridgehead atoms. The van der Waals surface area contributed by atoms with Gasteiger partial charge >= 0.3 is 0 Å². The quantitative estimate of drug-likeness (QED) is 0.758. The molecule has 0 aromatic heterocycles. The summed E-state index contributed by atoms with van der Waals surface area (Å²) in [4.78, 5) is 12.9. The summed E-state index contributed by atoms with van der Waals surface area (Å²) in [5, 5.41) is 2.79. The molecule has 0 saturated heterocycles. The summed E-state index contributed by atoms with van der Waals surface area (Å²) in [5.74, 6) is -0.151.